The Kier molecular flexibility index (Phi) is 2.92. The van der Waals surface area contributed by atoms with Gasteiger partial charge in [-0.15, -0.1) is 0 Å². The fraction of sp³-hybridized carbons (Fsp3) is 0.143. The van der Waals surface area contributed by atoms with Gasteiger partial charge in [0, 0.05) is 5.39 Å². The van der Waals surface area contributed by atoms with Crippen LogP contribution in [0.4, 0.5) is 0 Å². The third-order valence-electron chi connectivity index (χ3n) is 3.26. The summed E-state index contributed by atoms with van der Waals surface area (Å²) in [4.78, 5) is 0. The fourth-order valence-electron chi connectivity index (χ4n) is 2.01. The maximum atomic E-state index is 6.12. The van der Waals surface area contributed by atoms with E-state index in [0.717, 1.165) is 22.2 Å². The summed E-state index contributed by atoms with van der Waals surface area (Å²) in [6.07, 6.45) is 0. The first kappa shape index (κ1) is 12.4. The van der Waals surface area contributed by atoms with Gasteiger partial charge in [0.2, 0.25) is 0 Å². The number of benzene rings is 1. The molecule has 96 valence electrons. The van der Waals surface area contributed by atoms with Gasteiger partial charge in [-0.3, -0.25) is 5.10 Å². The standard InChI is InChI=1S/C14H11ClN2OS/c1-7-8(2)14(19)17-16-12(7)11-6-9-4-3-5-10(15)13(9)18-11/h3-6H,1-2H3,(H,17,19). The van der Waals surface area contributed by atoms with Crippen LogP contribution in [-0.2, 0) is 0 Å². The molecule has 0 aliphatic rings. The van der Waals surface area contributed by atoms with E-state index < -0.39 is 0 Å². The van der Waals surface area contributed by atoms with E-state index >= 15 is 0 Å². The molecular weight excluding hydrogens is 280 g/mol. The van der Waals surface area contributed by atoms with Crippen molar-refractivity contribution in [3.63, 3.8) is 0 Å². The number of para-hydroxylation sites is 1. The van der Waals surface area contributed by atoms with Crippen LogP contribution in [0.5, 0.6) is 0 Å². The van der Waals surface area contributed by atoms with Crippen LogP contribution in [0.2, 0.25) is 5.02 Å². The van der Waals surface area contributed by atoms with E-state index in [9.17, 15) is 0 Å². The zero-order chi connectivity index (χ0) is 13.6. The van der Waals surface area contributed by atoms with Gasteiger partial charge >= 0.3 is 0 Å². The molecule has 19 heavy (non-hydrogen) atoms. The summed E-state index contributed by atoms with van der Waals surface area (Å²) in [6, 6.07) is 7.60. The molecule has 0 saturated heterocycles. The SMILES string of the molecule is Cc1c(-c2cc3cccc(Cl)c3o2)n[nH]c(=S)c1C. The van der Waals surface area contributed by atoms with Crippen molar-refractivity contribution in [3.8, 4) is 11.5 Å². The lowest BCUT2D eigenvalue weighted by Crippen LogP contribution is -1.95. The molecule has 0 amide bonds. The molecule has 3 rings (SSSR count). The van der Waals surface area contributed by atoms with Gasteiger partial charge in [0.05, 0.1) is 5.02 Å². The van der Waals surface area contributed by atoms with Crippen molar-refractivity contribution >= 4 is 34.8 Å². The van der Waals surface area contributed by atoms with E-state index in [-0.39, 0.29) is 0 Å². The molecule has 2 aromatic heterocycles. The summed E-state index contributed by atoms with van der Waals surface area (Å²) in [5.74, 6) is 0.690. The summed E-state index contributed by atoms with van der Waals surface area (Å²) in [7, 11) is 0. The molecule has 0 unspecified atom stereocenters. The van der Waals surface area contributed by atoms with Gasteiger partial charge in [0.25, 0.3) is 0 Å². The Balaban J connectivity index is 2.28. The molecule has 0 atom stereocenters. The Bertz CT molecular complexity index is 835. The molecule has 0 bridgehead atoms. The van der Waals surface area contributed by atoms with Crippen LogP contribution in [-0.4, -0.2) is 10.2 Å². The Morgan fingerprint density at radius 2 is 2.05 bits per heavy atom. The normalized spacial score (nSPS) is 11.1. The number of nitrogens with zero attached hydrogens (tertiary/aromatic N) is 1. The highest BCUT2D eigenvalue weighted by atomic mass is 35.5. The van der Waals surface area contributed by atoms with Gasteiger partial charge in [-0.1, -0.05) is 36.0 Å². The molecule has 1 aromatic carbocycles. The Labute approximate surface area is 120 Å². The maximum absolute atomic E-state index is 6.12. The smallest absolute Gasteiger partial charge is 0.155 e. The van der Waals surface area contributed by atoms with Gasteiger partial charge in [-0.2, -0.15) is 5.10 Å². The number of H-pyrrole nitrogens is 1. The van der Waals surface area contributed by atoms with Crippen molar-refractivity contribution < 1.29 is 4.42 Å². The average Bonchev–Trinajstić information content (AvgIpc) is 2.81. The highest BCUT2D eigenvalue weighted by Gasteiger charge is 2.13. The molecule has 0 saturated carbocycles. The number of rotatable bonds is 1. The molecule has 0 aliphatic carbocycles. The van der Waals surface area contributed by atoms with Gasteiger partial charge in [0.15, 0.2) is 11.3 Å². The minimum Gasteiger partial charge on any atom is -0.453 e. The van der Waals surface area contributed by atoms with Crippen molar-refractivity contribution in [1.82, 2.24) is 10.2 Å². The summed E-state index contributed by atoms with van der Waals surface area (Å²) in [5, 5.41) is 8.67. The lowest BCUT2D eigenvalue weighted by atomic mass is 10.1. The summed E-state index contributed by atoms with van der Waals surface area (Å²) >= 11 is 11.3. The molecule has 1 N–H and O–H groups in total. The van der Waals surface area contributed by atoms with Crippen LogP contribution in [0.25, 0.3) is 22.4 Å². The van der Waals surface area contributed by atoms with E-state index in [2.05, 4.69) is 10.2 Å². The number of fused-ring (bicyclic) bond motifs is 1. The highest BCUT2D eigenvalue weighted by molar-refractivity contribution is 7.71. The first-order chi connectivity index (χ1) is 9.08. The topological polar surface area (TPSA) is 41.8 Å². The lowest BCUT2D eigenvalue weighted by molar-refractivity contribution is 0.626. The first-order valence-electron chi connectivity index (χ1n) is 5.82. The van der Waals surface area contributed by atoms with Crippen molar-refractivity contribution in [2.24, 2.45) is 0 Å². The number of furan rings is 1. The summed E-state index contributed by atoms with van der Waals surface area (Å²) in [5.41, 5.74) is 3.46. The number of hydrogen-bond donors (Lipinski definition) is 1. The number of aromatic nitrogens is 2. The van der Waals surface area contributed by atoms with Gasteiger partial charge in [-0.05, 0) is 37.1 Å². The second-order valence-electron chi connectivity index (χ2n) is 4.42. The van der Waals surface area contributed by atoms with Crippen LogP contribution in [0, 0.1) is 18.5 Å². The minimum atomic E-state index is 0.599. The van der Waals surface area contributed by atoms with Crippen molar-refractivity contribution in [3.05, 3.63) is 45.1 Å². The summed E-state index contributed by atoms with van der Waals surface area (Å²) in [6.45, 7) is 3.95. The lowest BCUT2D eigenvalue weighted by Gasteiger charge is -2.04. The van der Waals surface area contributed by atoms with Gasteiger partial charge < -0.3 is 4.42 Å². The van der Waals surface area contributed by atoms with Crippen LogP contribution in [0.3, 0.4) is 0 Å². The van der Waals surface area contributed by atoms with Crippen LogP contribution in [0.1, 0.15) is 11.1 Å². The monoisotopic (exact) mass is 290 g/mol. The third-order valence-corrected chi connectivity index (χ3v) is 3.95. The Hall–Kier alpha value is -1.65. The quantitative estimate of drug-likeness (QED) is 0.653. The number of aromatic amines is 1. The Morgan fingerprint density at radius 1 is 1.26 bits per heavy atom. The van der Waals surface area contributed by atoms with E-state index in [0.29, 0.717) is 21.0 Å². The number of halogens is 1. The second-order valence-corrected chi connectivity index (χ2v) is 5.24. The third kappa shape index (κ3) is 1.97. The van der Waals surface area contributed by atoms with E-state index in [4.69, 9.17) is 28.2 Å². The van der Waals surface area contributed by atoms with E-state index in [1.807, 2.05) is 32.0 Å². The maximum Gasteiger partial charge on any atom is 0.155 e. The van der Waals surface area contributed by atoms with Crippen LogP contribution >= 0.6 is 23.8 Å². The van der Waals surface area contributed by atoms with Crippen LogP contribution in [0.15, 0.2) is 28.7 Å². The minimum absolute atomic E-state index is 0.599. The number of hydrogen-bond acceptors (Lipinski definition) is 3. The predicted octanol–water partition coefficient (Wildman–Crippen LogP) is 4.82. The average molecular weight is 291 g/mol. The van der Waals surface area contributed by atoms with Crippen molar-refractivity contribution in [2.75, 3.05) is 0 Å². The molecule has 0 fully saturated rings. The van der Waals surface area contributed by atoms with Crippen LogP contribution < -0.4 is 0 Å². The fourth-order valence-corrected chi connectivity index (χ4v) is 2.43. The second kappa shape index (κ2) is 4.47. The molecule has 3 aromatic rings. The largest absolute Gasteiger partial charge is 0.453 e. The van der Waals surface area contributed by atoms with E-state index in [1.165, 1.54) is 0 Å². The summed E-state index contributed by atoms with van der Waals surface area (Å²) < 4.78 is 6.46. The first-order valence-corrected chi connectivity index (χ1v) is 6.61. The highest BCUT2D eigenvalue weighted by Crippen LogP contribution is 2.32. The molecule has 0 aliphatic heterocycles. The Morgan fingerprint density at radius 3 is 2.79 bits per heavy atom. The van der Waals surface area contributed by atoms with Gasteiger partial charge in [0.1, 0.15) is 10.3 Å². The van der Waals surface area contributed by atoms with Crippen molar-refractivity contribution in [2.45, 2.75) is 13.8 Å². The zero-order valence-electron chi connectivity index (χ0n) is 10.5. The predicted molar refractivity (Wildman–Crippen MR) is 79.1 cm³/mol. The molecular formula is C14H11ClN2OS. The number of nitrogens with one attached hydrogen (secondary N) is 1. The molecule has 2 heterocycles. The molecule has 0 spiro atoms. The van der Waals surface area contributed by atoms with E-state index in [1.54, 1.807) is 6.07 Å². The van der Waals surface area contributed by atoms with Crippen molar-refractivity contribution in [1.29, 1.82) is 0 Å². The molecule has 3 nitrogen and oxygen atoms in total. The molecule has 5 heteroatoms. The zero-order valence-corrected chi connectivity index (χ0v) is 12.0. The molecule has 0 radical (unpaired) electrons. The van der Waals surface area contributed by atoms with Gasteiger partial charge in [-0.25, -0.2) is 0 Å².